The van der Waals surface area contributed by atoms with Crippen LogP contribution in [-0.4, -0.2) is 17.2 Å². The Labute approximate surface area is 178 Å². The molecule has 3 rings (SSSR count). The number of rotatable bonds is 9. The second kappa shape index (κ2) is 9.97. The number of benzene rings is 3. The predicted octanol–water partition coefficient (Wildman–Crippen LogP) is 6.05. The van der Waals surface area contributed by atoms with Gasteiger partial charge in [-0.2, -0.15) is 0 Å². The van der Waals surface area contributed by atoms with Gasteiger partial charge >= 0.3 is 5.97 Å². The minimum atomic E-state index is -0.785. The van der Waals surface area contributed by atoms with E-state index in [1.807, 2.05) is 50.2 Å². The molecule has 156 valence electrons. The lowest BCUT2D eigenvalue weighted by atomic mass is 9.99. The Morgan fingerprint density at radius 3 is 2.33 bits per heavy atom. The SMILES string of the molecule is Cc1cc(OC(C)C)ccc1-c1cccc(COc2ccc(CCC(=O)O)cc2)c1. The molecule has 0 unspecified atom stereocenters. The first kappa shape index (κ1) is 21.4. The van der Waals surface area contributed by atoms with Gasteiger partial charge in [0, 0.05) is 6.42 Å². The van der Waals surface area contributed by atoms with E-state index < -0.39 is 5.97 Å². The van der Waals surface area contributed by atoms with Crippen LogP contribution in [-0.2, 0) is 17.8 Å². The number of ether oxygens (including phenoxy) is 2. The summed E-state index contributed by atoms with van der Waals surface area (Å²) in [6, 6.07) is 22.1. The van der Waals surface area contributed by atoms with Crippen LogP contribution in [0.25, 0.3) is 11.1 Å². The molecule has 4 nitrogen and oxygen atoms in total. The fourth-order valence-corrected chi connectivity index (χ4v) is 3.30. The lowest BCUT2D eigenvalue weighted by molar-refractivity contribution is -0.136. The summed E-state index contributed by atoms with van der Waals surface area (Å²) in [5, 5.41) is 8.78. The van der Waals surface area contributed by atoms with E-state index in [1.165, 1.54) is 11.1 Å². The predicted molar refractivity (Wildman–Crippen MR) is 119 cm³/mol. The summed E-state index contributed by atoms with van der Waals surface area (Å²) in [4.78, 5) is 10.7. The highest BCUT2D eigenvalue weighted by Gasteiger charge is 2.07. The van der Waals surface area contributed by atoms with Crippen molar-refractivity contribution in [2.24, 2.45) is 0 Å². The van der Waals surface area contributed by atoms with Crippen LogP contribution in [0.5, 0.6) is 11.5 Å². The van der Waals surface area contributed by atoms with Crippen LogP contribution in [0.4, 0.5) is 0 Å². The molecule has 0 saturated heterocycles. The van der Waals surface area contributed by atoms with E-state index in [1.54, 1.807) is 0 Å². The van der Waals surface area contributed by atoms with E-state index >= 15 is 0 Å². The second-order valence-corrected chi connectivity index (χ2v) is 7.67. The summed E-state index contributed by atoms with van der Waals surface area (Å²) in [7, 11) is 0. The fourth-order valence-electron chi connectivity index (χ4n) is 3.30. The molecule has 0 heterocycles. The van der Waals surface area contributed by atoms with Gasteiger partial charge < -0.3 is 14.6 Å². The van der Waals surface area contributed by atoms with Crippen molar-refractivity contribution in [3.8, 4) is 22.6 Å². The number of carboxylic acid groups (broad SMARTS) is 1. The summed E-state index contributed by atoms with van der Waals surface area (Å²) < 4.78 is 11.7. The minimum Gasteiger partial charge on any atom is -0.491 e. The Kier molecular flexibility index (Phi) is 7.12. The molecule has 0 spiro atoms. The van der Waals surface area contributed by atoms with E-state index in [0.717, 1.165) is 28.2 Å². The lowest BCUT2D eigenvalue weighted by Gasteiger charge is -2.13. The van der Waals surface area contributed by atoms with E-state index in [-0.39, 0.29) is 12.5 Å². The van der Waals surface area contributed by atoms with Crippen molar-refractivity contribution in [3.05, 3.63) is 83.4 Å². The molecule has 4 heteroatoms. The van der Waals surface area contributed by atoms with Crippen molar-refractivity contribution < 1.29 is 19.4 Å². The molecule has 3 aromatic carbocycles. The van der Waals surface area contributed by atoms with Gasteiger partial charge in [-0.05, 0) is 85.3 Å². The van der Waals surface area contributed by atoms with Crippen LogP contribution in [0.15, 0.2) is 66.7 Å². The van der Waals surface area contributed by atoms with Gasteiger partial charge in [0.05, 0.1) is 6.10 Å². The van der Waals surface area contributed by atoms with Crippen molar-refractivity contribution in [2.75, 3.05) is 0 Å². The molecule has 0 radical (unpaired) electrons. The van der Waals surface area contributed by atoms with Gasteiger partial charge in [0.2, 0.25) is 0 Å². The number of hydrogen-bond donors (Lipinski definition) is 1. The number of carbonyl (C=O) groups is 1. The first-order valence-electron chi connectivity index (χ1n) is 10.2. The number of aryl methyl sites for hydroxylation is 2. The van der Waals surface area contributed by atoms with E-state index in [4.69, 9.17) is 14.6 Å². The first-order valence-corrected chi connectivity index (χ1v) is 10.2. The van der Waals surface area contributed by atoms with Gasteiger partial charge in [-0.3, -0.25) is 4.79 Å². The summed E-state index contributed by atoms with van der Waals surface area (Å²) in [6.45, 7) is 6.61. The molecule has 0 bridgehead atoms. The number of carboxylic acids is 1. The smallest absolute Gasteiger partial charge is 0.303 e. The Hall–Kier alpha value is -3.27. The average Bonchev–Trinajstić information content (AvgIpc) is 2.71. The Bertz CT molecular complexity index is 990. The van der Waals surface area contributed by atoms with Crippen LogP contribution in [0.2, 0.25) is 0 Å². The van der Waals surface area contributed by atoms with Gasteiger partial charge in [-0.15, -0.1) is 0 Å². The molecule has 0 fully saturated rings. The van der Waals surface area contributed by atoms with Gasteiger partial charge in [0.1, 0.15) is 18.1 Å². The largest absolute Gasteiger partial charge is 0.491 e. The molecule has 0 aliphatic rings. The standard InChI is InChI=1S/C26H28O4/c1-18(2)30-24-12-13-25(19(3)15-24)22-6-4-5-21(16-22)17-29-23-10-7-20(8-11-23)9-14-26(27)28/h4-8,10-13,15-16,18H,9,14,17H2,1-3H3,(H,27,28). The normalized spacial score (nSPS) is 10.8. The van der Waals surface area contributed by atoms with Crippen LogP contribution < -0.4 is 9.47 Å². The maximum atomic E-state index is 10.7. The highest BCUT2D eigenvalue weighted by Crippen LogP contribution is 2.28. The van der Waals surface area contributed by atoms with Crippen LogP contribution in [0, 0.1) is 6.92 Å². The Morgan fingerprint density at radius 2 is 1.67 bits per heavy atom. The molecule has 30 heavy (non-hydrogen) atoms. The van der Waals surface area contributed by atoms with Crippen molar-refractivity contribution in [2.45, 2.75) is 46.3 Å². The quantitative estimate of drug-likeness (QED) is 0.472. The van der Waals surface area contributed by atoms with Crippen molar-refractivity contribution in [3.63, 3.8) is 0 Å². The summed E-state index contributed by atoms with van der Waals surface area (Å²) in [5.41, 5.74) is 5.57. The molecular weight excluding hydrogens is 376 g/mol. The molecule has 0 atom stereocenters. The van der Waals surface area contributed by atoms with Crippen molar-refractivity contribution in [1.29, 1.82) is 0 Å². The molecule has 1 N–H and O–H groups in total. The summed E-state index contributed by atoms with van der Waals surface area (Å²) >= 11 is 0. The highest BCUT2D eigenvalue weighted by atomic mass is 16.5. The van der Waals surface area contributed by atoms with Gasteiger partial charge in [-0.25, -0.2) is 0 Å². The van der Waals surface area contributed by atoms with Gasteiger partial charge in [0.15, 0.2) is 0 Å². The molecule has 3 aromatic rings. The zero-order valence-corrected chi connectivity index (χ0v) is 17.7. The topological polar surface area (TPSA) is 55.8 Å². The zero-order chi connectivity index (χ0) is 21.5. The molecule has 0 aliphatic carbocycles. The Balaban J connectivity index is 1.65. The molecule has 0 amide bonds. The summed E-state index contributed by atoms with van der Waals surface area (Å²) in [5.74, 6) is 0.871. The zero-order valence-electron chi connectivity index (χ0n) is 17.7. The van der Waals surface area contributed by atoms with E-state index in [9.17, 15) is 4.79 Å². The third-order valence-electron chi connectivity index (χ3n) is 4.76. The third-order valence-corrected chi connectivity index (χ3v) is 4.76. The molecule has 0 aromatic heterocycles. The van der Waals surface area contributed by atoms with Gasteiger partial charge in [0.25, 0.3) is 0 Å². The van der Waals surface area contributed by atoms with Crippen LogP contribution in [0.3, 0.4) is 0 Å². The molecule has 0 saturated carbocycles. The van der Waals surface area contributed by atoms with Gasteiger partial charge in [-0.1, -0.05) is 36.4 Å². The number of aliphatic carboxylic acids is 1. The maximum absolute atomic E-state index is 10.7. The minimum absolute atomic E-state index is 0.136. The first-order chi connectivity index (χ1) is 14.4. The monoisotopic (exact) mass is 404 g/mol. The lowest BCUT2D eigenvalue weighted by Crippen LogP contribution is -2.05. The average molecular weight is 405 g/mol. The summed E-state index contributed by atoms with van der Waals surface area (Å²) in [6.07, 6.45) is 0.816. The highest BCUT2D eigenvalue weighted by molar-refractivity contribution is 5.69. The molecular formula is C26H28O4. The van der Waals surface area contributed by atoms with Crippen molar-refractivity contribution >= 4 is 5.97 Å². The maximum Gasteiger partial charge on any atom is 0.303 e. The fraction of sp³-hybridized carbons (Fsp3) is 0.269. The van der Waals surface area contributed by atoms with Crippen LogP contribution >= 0.6 is 0 Å². The third kappa shape index (κ3) is 6.11. The number of hydrogen-bond acceptors (Lipinski definition) is 3. The Morgan fingerprint density at radius 1 is 0.933 bits per heavy atom. The molecule has 0 aliphatic heterocycles. The van der Waals surface area contributed by atoms with Crippen LogP contribution in [0.1, 0.15) is 37.0 Å². The van der Waals surface area contributed by atoms with E-state index in [0.29, 0.717) is 13.0 Å². The second-order valence-electron chi connectivity index (χ2n) is 7.67. The van der Waals surface area contributed by atoms with E-state index in [2.05, 4.69) is 37.3 Å². The van der Waals surface area contributed by atoms with Crippen molar-refractivity contribution in [1.82, 2.24) is 0 Å².